The van der Waals surface area contributed by atoms with Crippen molar-refractivity contribution in [2.45, 2.75) is 38.8 Å². The summed E-state index contributed by atoms with van der Waals surface area (Å²) in [7, 11) is 0. The molecule has 0 radical (unpaired) electrons. The van der Waals surface area contributed by atoms with E-state index < -0.39 is 0 Å². The number of hydrogen-bond donors (Lipinski definition) is 1. The Balaban J connectivity index is 2.00. The van der Waals surface area contributed by atoms with Crippen molar-refractivity contribution in [3.63, 3.8) is 0 Å². The molecule has 1 heterocycles. The summed E-state index contributed by atoms with van der Waals surface area (Å²) in [5.74, 6) is 0. The van der Waals surface area contributed by atoms with Crippen LogP contribution in [-0.2, 0) is 6.54 Å². The van der Waals surface area contributed by atoms with Gasteiger partial charge in [-0.1, -0.05) is 37.3 Å². The minimum Gasteiger partial charge on any atom is -0.310 e. The molecule has 1 aliphatic rings. The maximum absolute atomic E-state index is 3.68. The standard InChI is InChI=1S/C15H24N2/c1-3-15(2)13-17(11-7-10-16-15)12-14-8-5-4-6-9-14/h4-6,8-9,16H,3,7,10-13H2,1-2H3. The lowest BCUT2D eigenvalue weighted by Crippen LogP contribution is -2.48. The maximum atomic E-state index is 3.68. The molecule has 0 saturated carbocycles. The largest absolute Gasteiger partial charge is 0.310 e. The highest BCUT2D eigenvalue weighted by molar-refractivity contribution is 5.14. The maximum Gasteiger partial charge on any atom is 0.0277 e. The van der Waals surface area contributed by atoms with E-state index in [9.17, 15) is 0 Å². The fraction of sp³-hybridized carbons (Fsp3) is 0.600. The minimum atomic E-state index is 0.283. The summed E-state index contributed by atoms with van der Waals surface area (Å²) < 4.78 is 0. The predicted octanol–water partition coefficient (Wildman–Crippen LogP) is 2.65. The monoisotopic (exact) mass is 232 g/mol. The summed E-state index contributed by atoms with van der Waals surface area (Å²) >= 11 is 0. The van der Waals surface area contributed by atoms with Gasteiger partial charge in [-0.2, -0.15) is 0 Å². The molecule has 1 unspecified atom stereocenters. The van der Waals surface area contributed by atoms with Gasteiger partial charge in [0.15, 0.2) is 0 Å². The van der Waals surface area contributed by atoms with Gasteiger partial charge in [-0.25, -0.2) is 0 Å². The number of benzene rings is 1. The third-order valence-corrected chi connectivity index (χ3v) is 3.80. The van der Waals surface area contributed by atoms with Gasteiger partial charge in [-0.05, 0) is 38.4 Å². The van der Waals surface area contributed by atoms with E-state index >= 15 is 0 Å². The van der Waals surface area contributed by atoms with Gasteiger partial charge in [0, 0.05) is 18.6 Å². The molecule has 1 aromatic carbocycles. The molecule has 1 N–H and O–H groups in total. The molecular formula is C15H24N2. The highest BCUT2D eigenvalue weighted by Gasteiger charge is 2.26. The fourth-order valence-corrected chi connectivity index (χ4v) is 2.53. The van der Waals surface area contributed by atoms with E-state index in [2.05, 4.69) is 54.4 Å². The van der Waals surface area contributed by atoms with Gasteiger partial charge in [-0.3, -0.25) is 4.90 Å². The summed E-state index contributed by atoms with van der Waals surface area (Å²) in [4.78, 5) is 2.58. The first-order valence-corrected chi connectivity index (χ1v) is 6.73. The topological polar surface area (TPSA) is 15.3 Å². The van der Waals surface area contributed by atoms with Crippen LogP contribution in [0.5, 0.6) is 0 Å². The summed E-state index contributed by atoms with van der Waals surface area (Å²) in [5, 5.41) is 3.68. The Morgan fingerprint density at radius 2 is 2.06 bits per heavy atom. The molecule has 1 saturated heterocycles. The van der Waals surface area contributed by atoms with Gasteiger partial charge >= 0.3 is 0 Å². The quantitative estimate of drug-likeness (QED) is 0.862. The first kappa shape index (κ1) is 12.6. The van der Waals surface area contributed by atoms with E-state index in [1.807, 2.05) is 0 Å². The van der Waals surface area contributed by atoms with Gasteiger partial charge < -0.3 is 5.32 Å². The lowest BCUT2D eigenvalue weighted by molar-refractivity contribution is 0.208. The SMILES string of the molecule is CCC1(C)CN(Cc2ccccc2)CCCN1. The average Bonchev–Trinajstić information content (AvgIpc) is 2.53. The molecule has 0 bridgehead atoms. The van der Waals surface area contributed by atoms with Crippen molar-refractivity contribution in [1.82, 2.24) is 10.2 Å². The second-order valence-electron chi connectivity index (χ2n) is 5.39. The molecule has 2 heteroatoms. The molecule has 2 rings (SSSR count). The van der Waals surface area contributed by atoms with Crippen LogP contribution in [-0.4, -0.2) is 30.1 Å². The molecule has 1 atom stereocenters. The van der Waals surface area contributed by atoms with Crippen LogP contribution in [0.1, 0.15) is 32.3 Å². The number of nitrogens with one attached hydrogen (secondary N) is 1. The van der Waals surface area contributed by atoms with E-state index in [1.54, 1.807) is 0 Å². The third kappa shape index (κ3) is 3.55. The van der Waals surface area contributed by atoms with Crippen LogP contribution < -0.4 is 5.32 Å². The first-order chi connectivity index (χ1) is 8.22. The van der Waals surface area contributed by atoms with Crippen LogP contribution >= 0.6 is 0 Å². The lowest BCUT2D eigenvalue weighted by atomic mass is 9.98. The summed E-state index contributed by atoms with van der Waals surface area (Å²) in [6.07, 6.45) is 2.45. The first-order valence-electron chi connectivity index (χ1n) is 6.73. The highest BCUT2D eigenvalue weighted by Crippen LogP contribution is 2.17. The van der Waals surface area contributed by atoms with Gasteiger partial charge in [0.25, 0.3) is 0 Å². The predicted molar refractivity (Wildman–Crippen MR) is 73.0 cm³/mol. The Morgan fingerprint density at radius 3 is 2.76 bits per heavy atom. The Hall–Kier alpha value is -0.860. The highest BCUT2D eigenvalue weighted by atomic mass is 15.2. The number of nitrogens with zero attached hydrogens (tertiary/aromatic N) is 1. The van der Waals surface area contributed by atoms with E-state index in [1.165, 1.54) is 24.9 Å². The van der Waals surface area contributed by atoms with Crippen LogP contribution in [0.15, 0.2) is 30.3 Å². The van der Waals surface area contributed by atoms with Crippen LogP contribution in [0, 0.1) is 0 Å². The summed E-state index contributed by atoms with van der Waals surface area (Å²) in [5.41, 5.74) is 1.71. The minimum absolute atomic E-state index is 0.283. The second kappa shape index (κ2) is 5.65. The molecule has 1 aromatic rings. The number of rotatable bonds is 3. The molecule has 0 spiro atoms. The van der Waals surface area contributed by atoms with Crippen molar-refractivity contribution < 1.29 is 0 Å². The van der Waals surface area contributed by atoms with Crippen molar-refractivity contribution in [3.8, 4) is 0 Å². The molecule has 0 aromatic heterocycles. The zero-order chi connectivity index (χ0) is 12.1. The Morgan fingerprint density at radius 1 is 1.29 bits per heavy atom. The van der Waals surface area contributed by atoms with Crippen molar-refractivity contribution in [1.29, 1.82) is 0 Å². The Kier molecular flexibility index (Phi) is 4.19. The van der Waals surface area contributed by atoms with Crippen molar-refractivity contribution in [3.05, 3.63) is 35.9 Å². The zero-order valence-electron chi connectivity index (χ0n) is 11.1. The summed E-state index contributed by atoms with van der Waals surface area (Å²) in [6.45, 7) is 9.21. The smallest absolute Gasteiger partial charge is 0.0277 e. The van der Waals surface area contributed by atoms with Gasteiger partial charge in [-0.15, -0.1) is 0 Å². The van der Waals surface area contributed by atoms with E-state index in [0.717, 1.165) is 19.6 Å². The van der Waals surface area contributed by atoms with Gasteiger partial charge in [0.05, 0.1) is 0 Å². The zero-order valence-corrected chi connectivity index (χ0v) is 11.1. The van der Waals surface area contributed by atoms with Gasteiger partial charge in [0.2, 0.25) is 0 Å². The van der Waals surface area contributed by atoms with Crippen molar-refractivity contribution in [2.24, 2.45) is 0 Å². The molecule has 0 amide bonds. The van der Waals surface area contributed by atoms with Crippen LogP contribution in [0.3, 0.4) is 0 Å². The Labute approximate surface area is 105 Å². The van der Waals surface area contributed by atoms with Crippen LogP contribution in [0.2, 0.25) is 0 Å². The Bertz CT molecular complexity index is 336. The number of hydrogen-bond acceptors (Lipinski definition) is 2. The van der Waals surface area contributed by atoms with Crippen molar-refractivity contribution >= 4 is 0 Å². The van der Waals surface area contributed by atoms with Crippen LogP contribution in [0.4, 0.5) is 0 Å². The van der Waals surface area contributed by atoms with Gasteiger partial charge in [0.1, 0.15) is 0 Å². The molecule has 1 fully saturated rings. The molecule has 0 aliphatic carbocycles. The third-order valence-electron chi connectivity index (χ3n) is 3.80. The average molecular weight is 232 g/mol. The molecule has 1 aliphatic heterocycles. The molecular weight excluding hydrogens is 208 g/mol. The van der Waals surface area contributed by atoms with Crippen molar-refractivity contribution in [2.75, 3.05) is 19.6 Å². The molecule has 2 nitrogen and oxygen atoms in total. The summed E-state index contributed by atoms with van der Waals surface area (Å²) in [6, 6.07) is 10.8. The normalized spacial score (nSPS) is 26.7. The van der Waals surface area contributed by atoms with Crippen LogP contribution in [0.25, 0.3) is 0 Å². The second-order valence-corrected chi connectivity index (χ2v) is 5.39. The van der Waals surface area contributed by atoms with E-state index in [4.69, 9.17) is 0 Å². The van der Waals surface area contributed by atoms with E-state index in [0.29, 0.717) is 0 Å². The fourth-order valence-electron chi connectivity index (χ4n) is 2.53. The molecule has 94 valence electrons. The van der Waals surface area contributed by atoms with E-state index in [-0.39, 0.29) is 5.54 Å². The lowest BCUT2D eigenvalue weighted by Gasteiger charge is -2.32. The molecule has 17 heavy (non-hydrogen) atoms.